The molecule has 144 valence electrons. The molecule has 0 aliphatic rings. The lowest BCUT2D eigenvalue weighted by Gasteiger charge is -2.09. The average Bonchev–Trinajstić information content (AvgIpc) is 3.24. The van der Waals surface area contributed by atoms with Crippen molar-refractivity contribution in [2.45, 2.75) is 6.54 Å². The number of para-hydroxylation sites is 1. The molecule has 0 spiro atoms. The molecule has 5 heteroatoms. The van der Waals surface area contributed by atoms with Crippen LogP contribution in [-0.2, 0) is 6.54 Å². The molecule has 0 atom stereocenters. The first-order valence-corrected chi connectivity index (χ1v) is 9.36. The molecule has 1 heterocycles. The quantitative estimate of drug-likeness (QED) is 0.534. The van der Waals surface area contributed by atoms with Gasteiger partial charge in [0.2, 0.25) is 0 Å². The summed E-state index contributed by atoms with van der Waals surface area (Å²) in [6.07, 6.45) is 0. The molecule has 4 rings (SSSR count). The van der Waals surface area contributed by atoms with Crippen LogP contribution in [0.25, 0.3) is 16.9 Å². The second-order valence-corrected chi connectivity index (χ2v) is 6.56. The highest BCUT2D eigenvalue weighted by Gasteiger charge is 2.17. The Morgan fingerprint density at radius 2 is 1.66 bits per heavy atom. The first kappa shape index (κ1) is 18.5. The van der Waals surface area contributed by atoms with Crippen molar-refractivity contribution in [3.63, 3.8) is 0 Å². The number of carbonyl (C=O) groups excluding carboxylic acids is 1. The van der Waals surface area contributed by atoms with Crippen molar-refractivity contribution >= 4 is 5.91 Å². The SMILES string of the molecule is COc1cccc(CNC(=O)c2cc(-c3ccccc3)nn2-c2ccccc2)c1. The third kappa shape index (κ3) is 4.19. The molecule has 29 heavy (non-hydrogen) atoms. The van der Waals surface area contributed by atoms with Crippen LogP contribution < -0.4 is 10.1 Å². The Labute approximate surface area is 169 Å². The number of aromatic nitrogens is 2. The van der Waals surface area contributed by atoms with Crippen LogP contribution in [0.2, 0.25) is 0 Å². The molecular weight excluding hydrogens is 362 g/mol. The van der Waals surface area contributed by atoms with E-state index in [1.54, 1.807) is 11.8 Å². The Balaban J connectivity index is 1.64. The van der Waals surface area contributed by atoms with Gasteiger partial charge in [0.1, 0.15) is 11.4 Å². The largest absolute Gasteiger partial charge is 0.497 e. The predicted octanol–water partition coefficient (Wildman–Crippen LogP) is 4.48. The number of ether oxygens (including phenoxy) is 1. The van der Waals surface area contributed by atoms with Crippen LogP contribution in [0.3, 0.4) is 0 Å². The Bertz CT molecular complexity index is 1110. The van der Waals surface area contributed by atoms with Crippen molar-refractivity contribution < 1.29 is 9.53 Å². The molecule has 0 bridgehead atoms. The van der Waals surface area contributed by atoms with Crippen molar-refractivity contribution in [3.8, 4) is 22.7 Å². The van der Waals surface area contributed by atoms with E-state index in [0.29, 0.717) is 12.2 Å². The number of benzene rings is 3. The van der Waals surface area contributed by atoms with Gasteiger partial charge in [-0.3, -0.25) is 4.79 Å². The fraction of sp³-hybridized carbons (Fsp3) is 0.0833. The molecule has 0 saturated heterocycles. The molecule has 0 saturated carbocycles. The van der Waals surface area contributed by atoms with Crippen LogP contribution in [0, 0.1) is 0 Å². The zero-order valence-corrected chi connectivity index (χ0v) is 16.1. The summed E-state index contributed by atoms with van der Waals surface area (Å²) in [6.45, 7) is 0.399. The van der Waals surface area contributed by atoms with Crippen molar-refractivity contribution in [1.82, 2.24) is 15.1 Å². The minimum Gasteiger partial charge on any atom is -0.497 e. The first-order chi connectivity index (χ1) is 14.2. The summed E-state index contributed by atoms with van der Waals surface area (Å²) in [5.74, 6) is 0.573. The van der Waals surface area contributed by atoms with Gasteiger partial charge in [-0.25, -0.2) is 4.68 Å². The molecule has 1 N–H and O–H groups in total. The lowest BCUT2D eigenvalue weighted by Crippen LogP contribution is -2.25. The lowest BCUT2D eigenvalue weighted by molar-refractivity contribution is 0.0943. The number of rotatable bonds is 6. The first-order valence-electron chi connectivity index (χ1n) is 9.36. The molecule has 0 fully saturated rings. The van der Waals surface area contributed by atoms with Gasteiger partial charge in [-0.15, -0.1) is 0 Å². The van der Waals surface area contributed by atoms with Crippen molar-refractivity contribution in [2.24, 2.45) is 0 Å². The Kier molecular flexibility index (Phi) is 5.38. The van der Waals surface area contributed by atoms with Gasteiger partial charge in [0.25, 0.3) is 5.91 Å². The summed E-state index contributed by atoms with van der Waals surface area (Å²) >= 11 is 0. The van der Waals surface area contributed by atoms with E-state index in [-0.39, 0.29) is 5.91 Å². The topological polar surface area (TPSA) is 56.1 Å². The lowest BCUT2D eigenvalue weighted by atomic mass is 10.1. The Morgan fingerprint density at radius 1 is 0.931 bits per heavy atom. The summed E-state index contributed by atoms with van der Waals surface area (Å²) in [4.78, 5) is 13.0. The third-order valence-corrected chi connectivity index (χ3v) is 4.60. The van der Waals surface area contributed by atoms with Crippen LogP contribution in [0.5, 0.6) is 5.75 Å². The highest BCUT2D eigenvalue weighted by Crippen LogP contribution is 2.22. The fourth-order valence-corrected chi connectivity index (χ4v) is 3.11. The van der Waals surface area contributed by atoms with Gasteiger partial charge in [0.15, 0.2) is 0 Å². The number of amides is 1. The van der Waals surface area contributed by atoms with E-state index in [2.05, 4.69) is 10.4 Å². The molecule has 1 aromatic heterocycles. The van der Waals surface area contributed by atoms with Gasteiger partial charge in [-0.2, -0.15) is 5.10 Å². The summed E-state index contributed by atoms with van der Waals surface area (Å²) in [5, 5.41) is 7.68. The zero-order valence-electron chi connectivity index (χ0n) is 16.1. The highest BCUT2D eigenvalue weighted by molar-refractivity contribution is 5.94. The minimum atomic E-state index is -0.189. The van der Waals surface area contributed by atoms with E-state index < -0.39 is 0 Å². The van der Waals surface area contributed by atoms with Crippen molar-refractivity contribution in [2.75, 3.05) is 7.11 Å². The van der Waals surface area contributed by atoms with Crippen LogP contribution in [-0.4, -0.2) is 22.8 Å². The maximum Gasteiger partial charge on any atom is 0.270 e. The van der Waals surface area contributed by atoms with E-state index in [0.717, 1.165) is 28.3 Å². The van der Waals surface area contributed by atoms with Gasteiger partial charge in [-0.1, -0.05) is 60.7 Å². The molecule has 0 radical (unpaired) electrons. The molecule has 0 unspecified atom stereocenters. The summed E-state index contributed by atoms with van der Waals surface area (Å²) in [5.41, 5.74) is 4.00. The second kappa shape index (κ2) is 8.44. The van der Waals surface area contributed by atoms with Crippen LogP contribution >= 0.6 is 0 Å². The number of hydrogen-bond donors (Lipinski definition) is 1. The minimum absolute atomic E-state index is 0.189. The monoisotopic (exact) mass is 383 g/mol. The standard InChI is InChI=1S/C24H21N3O2/c1-29-21-14-8-9-18(15-21)17-25-24(28)23-16-22(19-10-4-2-5-11-19)26-27(23)20-12-6-3-7-13-20/h2-16H,17H2,1H3,(H,25,28). The predicted molar refractivity (Wildman–Crippen MR) is 113 cm³/mol. The molecule has 0 aliphatic heterocycles. The smallest absolute Gasteiger partial charge is 0.270 e. The highest BCUT2D eigenvalue weighted by atomic mass is 16.5. The van der Waals surface area contributed by atoms with Gasteiger partial charge in [0, 0.05) is 12.1 Å². The van der Waals surface area contributed by atoms with E-state index in [1.807, 2.05) is 91.0 Å². The number of hydrogen-bond acceptors (Lipinski definition) is 3. The number of methoxy groups -OCH3 is 1. The van der Waals surface area contributed by atoms with E-state index in [4.69, 9.17) is 4.74 Å². The fourth-order valence-electron chi connectivity index (χ4n) is 3.11. The van der Waals surface area contributed by atoms with Crippen LogP contribution in [0.1, 0.15) is 16.1 Å². The maximum absolute atomic E-state index is 13.0. The van der Waals surface area contributed by atoms with Gasteiger partial charge >= 0.3 is 0 Å². The normalized spacial score (nSPS) is 10.5. The number of nitrogens with one attached hydrogen (secondary N) is 1. The van der Waals surface area contributed by atoms with Gasteiger partial charge < -0.3 is 10.1 Å². The molecule has 5 nitrogen and oxygen atoms in total. The molecule has 3 aromatic carbocycles. The number of nitrogens with zero attached hydrogens (tertiary/aromatic N) is 2. The Morgan fingerprint density at radius 3 is 2.38 bits per heavy atom. The summed E-state index contributed by atoms with van der Waals surface area (Å²) in [7, 11) is 1.63. The Hall–Kier alpha value is -3.86. The molecule has 0 aliphatic carbocycles. The summed E-state index contributed by atoms with van der Waals surface area (Å²) in [6, 6.07) is 29.0. The summed E-state index contributed by atoms with van der Waals surface area (Å²) < 4.78 is 6.93. The van der Waals surface area contributed by atoms with E-state index in [9.17, 15) is 4.79 Å². The van der Waals surface area contributed by atoms with E-state index >= 15 is 0 Å². The van der Waals surface area contributed by atoms with Crippen molar-refractivity contribution in [1.29, 1.82) is 0 Å². The van der Waals surface area contributed by atoms with Gasteiger partial charge in [-0.05, 0) is 35.9 Å². The average molecular weight is 383 g/mol. The van der Waals surface area contributed by atoms with Crippen LogP contribution in [0.15, 0.2) is 91.0 Å². The molecular formula is C24H21N3O2. The van der Waals surface area contributed by atoms with Crippen molar-refractivity contribution in [3.05, 3.63) is 102 Å². The van der Waals surface area contributed by atoms with Gasteiger partial charge in [0.05, 0.1) is 18.5 Å². The maximum atomic E-state index is 13.0. The molecule has 1 amide bonds. The third-order valence-electron chi connectivity index (χ3n) is 4.60. The zero-order chi connectivity index (χ0) is 20.1. The number of carbonyl (C=O) groups is 1. The second-order valence-electron chi connectivity index (χ2n) is 6.56. The van der Waals surface area contributed by atoms with Crippen LogP contribution in [0.4, 0.5) is 0 Å². The molecule has 4 aromatic rings. The van der Waals surface area contributed by atoms with E-state index in [1.165, 1.54) is 0 Å².